The molecule has 0 aromatic heterocycles. The SMILES string of the molecule is COc1ccc(S(=O)(=O)Nc2ccccc2C(=O)c2ccccc2)c(Cl)c1Cl. The highest BCUT2D eigenvalue weighted by molar-refractivity contribution is 7.92. The molecule has 0 bridgehead atoms. The van der Waals surface area contributed by atoms with Gasteiger partial charge in [0.15, 0.2) is 5.78 Å². The Kier molecular flexibility index (Phi) is 5.93. The Balaban J connectivity index is 2.01. The van der Waals surface area contributed by atoms with E-state index in [1.807, 2.05) is 0 Å². The second-order valence-electron chi connectivity index (χ2n) is 5.74. The molecule has 28 heavy (non-hydrogen) atoms. The minimum atomic E-state index is -4.10. The number of rotatable bonds is 6. The van der Waals surface area contributed by atoms with E-state index in [1.54, 1.807) is 48.5 Å². The van der Waals surface area contributed by atoms with Crippen molar-refractivity contribution in [3.63, 3.8) is 0 Å². The number of anilines is 1. The van der Waals surface area contributed by atoms with Crippen LogP contribution < -0.4 is 9.46 Å². The van der Waals surface area contributed by atoms with E-state index in [0.29, 0.717) is 5.56 Å². The lowest BCUT2D eigenvalue weighted by Crippen LogP contribution is -2.16. The first-order chi connectivity index (χ1) is 13.3. The molecule has 0 aliphatic rings. The van der Waals surface area contributed by atoms with Crippen LogP contribution in [0.3, 0.4) is 0 Å². The summed E-state index contributed by atoms with van der Waals surface area (Å²) in [4.78, 5) is 12.6. The Bertz CT molecular complexity index is 1130. The van der Waals surface area contributed by atoms with E-state index in [2.05, 4.69) is 4.72 Å². The first kappa shape index (κ1) is 20.2. The zero-order chi connectivity index (χ0) is 20.3. The van der Waals surface area contributed by atoms with Gasteiger partial charge in [0.05, 0.1) is 17.8 Å². The van der Waals surface area contributed by atoms with Gasteiger partial charge in [0.2, 0.25) is 0 Å². The molecule has 0 aliphatic heterocycles. The second kappa shape index (κ2) is 8.22. The van der Waals surface area contributed by atoms with Crippen LogP contribution >= 0.6 is 23.2 Å². The summed E-state index contributed by atoms with van der Waals surface area (Å²) in [6.07, 6.45) is 0. The molecule has 3 aromatic rings. The Labute approximate surface area is 172 Å². The van der Waals surface area contributed by atoms with Gasteiger partial charge in [-0.25, -0.2) is 8.42 Å². The predicted octanol–water partition coefficient (Wildman–Crippen LogP) is 5.03. The van der Waals surface area contributed by atoms with Gasteiger partial charge in [-0.15, -0.1) is 0 Å². The number of hydrogen-bond donors (Lipinski definition) is 1. The fraction of sp³-hybridized carbons (Fsp3) is 0.0500. The van der Waals surface area contributed by atoms with Crippen LogP contribution in [0, 0.1) is 0 Å². The number of ether oxygens (including phenoxy) is 1. The van der Waals surface area contributed by atoms with E-state index >= 15 is 0 Å². The van der Waals surface area contributed by atoms with Crippen molar-refractivity contribution < 1.29 is 17.9 Å². The molecule has 3 rings (SSSR count). The van der Waals surface area contributed by atoms with Gasteiger partial charge in [0.25, 0.3) is 10.0 Å². The summed E-state index contributed by atoms with van der Waals surface area (Å²) in [6, 6.07) is 17.6. The highest BCUT2D eigenvalue weighted by Crippen LogP contribution is 2.37. The summed E-state index contributed by atoms with van der Waals surface area (Å²) < 4.78 is 33.2. The van der Waals surface area contributed by atoms with E-state index in [-0.39, 0.29) is 37.7 Å². The molecule has 0 atom stereocenters. The molecule has 5 nitrogen and oxygen atoms in total. The van der Waals surface area contributed by atoms with E-state index in [0.717, 1.165) is 0 Å². The van der Waals surface area contributed by atoms with E-state index in [4.69, 9.17) is 27.9 Å². The zero-order valence-electron chi connectivity index (χ0n) is 14.6. The number of methoxy groups -OCH3 is 1. The number of hydrogen-bond acceptors (Lipinski definition) is 4. The predicted molar refractivity (Wildman–Crippen MR) is 110 cm³/mol. The molecule has 0 unspecified atom stereocenters. The third-order valence-electron chi connectivity index (χ3n) is 3.97. The Hall–Kier alpha value is -2.54. The van der Waals surface area contributed by atoms with Crippen molar-refractivity contribution in [2.75, 3.05) is 11.8 Å². The van der Waals surface area contributed by atoms with Gasteiger partial charge in [-0.05, 0) is 24.3 Å². The molecule has 0 saturated carbocycles. The number of halogens is 2. The fourth-order valence-electron chi connectivity index (χ4n) is 2.59. The monoisotopic (exact) mass is 435 g/mol. The van der Waals surface area contributed by atoms with Gasteiger partial charge in [-0.1, -0.05) is 65.7 Å². The van der Waals surface area contributed by atoms with Crippen molar-refractivity contribution in [1.29, 1.82) is 0 Å². The summed E-state index contributed by atoms with van der Waals surface area (Å²) >= 11 is 12.2. The quantitative estimate of drug-likeness (QED) is 0.550. The van der Waals surface area contributed by atoms with Gasteiger partial charge in [0.1, 0.15) is 15.7 Å². The van der Waals surface area contributed by atoms with Crippen LogP contribution in [-0.4, -0.2) is 21.3 Å². The lowest BCUT2D eigenvalue weighted by atomic mass is 10.0. The molecule has 0 fully saturated rings. The number of ketones is 1. The smallest absolute Gasteiger partial charge is 0.263 e. The van der Waals surface area contributed by atoms with Crippen LogP contribution in [0.1, 0.15) is 15.9 Å². The van der Waals surface area contributed by atoms with Crippen LogP contribution in [0.4, 0.5) is 5.69 Å². The molecule has 1 N–H and O–H groups in total. The fourth-order valence-corrected chi connectivity index (χ4v) is 4.52. The van der Waals surface area contributed by atoms with Crippen LogP contribution in [-0.2, 0) is 10.0 Å². The number of benzene rings is 3. The Morgan fingerprint density at radius 1 is 0.893 bits per heavy atom. The molecule has 0 aliphatic carbocycles. The Morgan fingerprint density at radius 3 is 2.21 bits per heavy atom. The molecule has 0 radical (unpaired) electrons. The number of para-hydroxylation sites is 1. The van der Waals surface area contributed by atoms with Crippen molar-refractivity contribution >= 4 is 44.7 Å². The second-order valence-corrected chi connectivity index (χ2v) is 8.15. The summed E-state index contributed by atoms with van der Waals surface area (Å²) in [6.45, 7) is 0. The van der Waals surface area contributed by atoms with Gasteiger partial charge in [-0.2, -0.15) is 0 Å². The topological polar surface area (TPSA) is 72.5 Å². The average molecular weight is 436 g/mol. The third kappa shape index (κ3) is 3.99. The molecule has 0 heterocycles. The van der Waals surface area contributed by atoms with Crippen molar-refractivity contribution in [2.24, 2.45) is 0 Å². The molecule has 0 spiro atoms. The average Bonchev–Trinajstić information content (AvgIpc) is 2.70. The molecule has 144 valence electrons. The standard InChI is InChI=1S/C20H15Cl2NO4S/c1-27-16-11-12-17(19(22)18(16)21)28(25,26)23-15-10-6-5-9-14(15)20(24)13-7-3-2-4-8-13/h2-12,23H,1H3. The number of nitrogens with one attached hydrogen (secondary N) is 1. The maximum atomic E-state index is 12.9. The van der Waals surface area contributed by atoms with Crippen LogP contribution in [0.2, 0.25) is 10.0 Å². The zero-order valence-corrected chi connectivity index (χ0v) is 17.0. The lowest BCUT2D eigenvalue weighted by molar-refractivity contribution is 0.103. The maximum Gasteiger partial charge on any atom is 0.263 e. The van der Waals surface area contributed by atoms with Crippen LogP contribution in [0.25, 0.3) is 0 Å². The summed E-state index contributed by atoms with van der Waals surface area (Å²) in [5, 5.41) is -0.180. The highest BCUT2D eigenvalue weighted by atomic mass is 35.5. The lowest BCUT2D eigenvalue weighted by Gasteiger charge is -2.14. The van der Waals surface area contributed by atoms with E-state index in [1.165, 1.54) is 25.3 Å². The summed E-state index contributed by atoms with van der Waals surface area (Å²) in [5.74, 6) is -0.0527. The first-order valence-corrected chi connectivity index (χ1v) is 10.3. The van der Waals surface area contributed by atoms with E-state index < -0.39 is 10.0 Å². The van der Waals surface area contributed by atoms with Crippen LogP contribution in [0.15, 0.2) is 71.6 Å². The molecule has 0 saturated heterocycles. The van der Waals surface area contributed by atoms with Crippen molar-refractivity contribution in [1.82, 2.24) is 0 Å². The largest absolute Gasteiger partial charge is 0.495 e. The highest BCUT2D eigenvalue weighted by Gasteiger charge is 2.24. The maximum absolute atomic E-state index is 12.9. The minimum absolute atomic E-state index is 0.0133. The van der Waals surface area contributed by atoms with Gasteiger partial charge in [0, 0.05) is 11.1 Å². The van der Waals surface area contributed by atoms with Gasteiger partial charge in [-0.3, -0.25) is 9.52 Å². The molecule has 3 aromatic carbocycles. The van der Waals surface area contributed by atoms with Crippen LogP contribution in [0.5, 0.6) is 5.75 Å². The number of sulfonamides is 1. The minimum Gasteiger partial charge on any atom is -0.495 e. The van der Waals surface area contributed by atoms with Gasteiger partial charge >= 0.3 is 0 Å². The van der Waals surface area contributed by atoms with Gasteiger partial charge < -0.3 is 4.74 Å². The number of carbonyl (C=O) groups excluding carboxylic acids is 1. The molecular formula is C20H15Cl2NO4S. The Morgan fingerprint density at radius 2 is 1.54 bits per heavy atom. The molecule has 0 amide bonds. The first-order valence-electron chi connectivity index (χ1n) is 8.08. The van der Waals surface area contributed by atoms with Crippen molar-refractivity contribution in [3.05, 3.63) is 87.9 Å². The summed E-state index contributed by atoms with van der Waals surface area (Å²) in [7, 11) is -2.71. The van der Waals surface area contributed by atoms with E-state index in [9.17, 15) is 13.2 Å². The number of carbonyl (C=O) groups is 1. The molecular weight excluding hydrogens is 421 g/mol. The molecule has 8 heteroatoms. The summed E-state index contributed by atoms with van der Waals surface area (Å²) in [5.41, 5.74) is 0.798. The van der Waals surface area contributed by atoms with Crippen molar-refractivity contribution in [2.45, 2.75) is 4.90 Å². The van der Waals surface area contributed by atoms with Crippen molar-refractivity contribution in [3.8, 4) is 5.75 Å². The normalized spacial score (nSPS) is 11.1. The third-order valence-corrected chi connectivity index (χ3v) is 6.36.